The minimum absolute atomic E-state index is 0.112. The first kappa shape index (κ1) is 34.2. The maximum absolute atomic E-state index is 13.6. The monoisotopic (exact) mass is 716 g/mol. The first-order chi connectivity index (χ1) is 25.2. The summed E-state index contributed by atoms with van der Waals surface area (Å²) in [7, 11) is 0. The van der Waals surface area contributed by atoms with Crippen LogP contribution < -0.4 is 0 Å². The predicted octanol–water partition coefficient (Wildman–Crippen LogP) is 10.2. The summed E-state index contributed by atoms with van der Waals surface area (Å²) in [5, 5.41) is 0. The number of H-pyrrole nitrogens is 2. The number of aromatic amines is 2. The fourth-order valence-corrected chi connectivity index (χ4v) is 10.2. The van der Waals surface area contributed by atoms with Crippen LogP contribution in [0.2, 0.25) is 0 Å². The zero-order chi connectivity index (χ0) is 37.0. The Morgan fingerprint density at radius 2 is 1.32 bits per heavy atom. The molecule has 4 heterocycles. The Hall–Kier alpha value is -4.60. The topological polar surface area (TPSA) is 116 Å². The fraction of sp³-hybridized carbons (Fsp3) is 0.535. The number of likely N-dealkylation sites (tertiary alicyclic amines) is 2. The van der Waals surface area contributed by atoms with Gasteiger partial charge in [0.25, 0.3) is 0 Å². The molecular formula is C43H52N6O4. The summed E-state index contributed by atoms with van der Waals surface area (Å²) in [5.74, 6) is 2.58. The standard InChI is InChI=1S/C43H52N6O4/c1-41(2,3)52-39(50)48-34-12-8-10-26(34)20-35(48)37-44-22-32(46-37)24-13-15-28-30(18-24)29-16-14-25(19-31(28)29)33-23-45-38(47-33)36-21-27-11-9-17-43(27,7)49(36)40(51)53-42(4,5)6/h13-16,18-19,22-23,26-27,34-36H,8-12,17,20-21H2,1-7H3,(H,44,46)(H,45,47). The van der Waals surface area contributed by atoms with Gasteiger partial charge in [-0.25, -0.2) is 19.6 Å². The van der Waals surface area contributed by atoms with Crippen LogP contribution in [0.5, 0.6) is 0 Å². The number of carbonyl (C=O) groups is 2. The van der Waals surface area contributed by atoms with E-state index in [1.807, 2.05) is 63.7 Å². The molecule has 4 fully saturated rings. The number of amides is 2. The van der Waals surface area contributed by atoms with Crippen LogP contribution in [0.25, 0.3) is 44.8 Å². The van der Waals surface area contributed by atoms with E-state index in [1.54, 1.807) is 0 Å². The van der Waals surface area contributed by atoms with Crippen LogP contribution in [0.15, 0.2) is 48.8 Å². The van der Waals surface area contributed by atoms with Crippen LogP contribution in [0, 0.1) is 11.8 Å². The van der Waals surface area contributed by atoms with Gasteiger partial charge in [-0.3, -0.25) is 9.80 Å². The molecule has 2 saturated heterocycles. The summed E-state index contributed by atoms with van der Waals surface area (Å²) in [6, 6.07) is 13.1. The number of rotatable bonds is 4. The smallest absolute Gasteiger partial charge is 0.411 e. The Kier molecular flexibility index (Phi) is 7.71. The third kappa shape index (κ3) is 5.75. The van der Waals surface area contributed by atoms with Crippen molar-refractivity contribution in [3.8, 4) is 44.8 Å². The number of imidazole rings is 2. The molecule has 3 aliphatic carbocycles. The molecular weight excluding hydrogens is 665 g/mol. The molecule has 2 saturated carbocycles. The summed E-state index contributed by atoms with van der Waals surface area (Å²) in [6.45, 7) is 13.8. The van der Waals surface area contributed by atoms with Gasteiger partial charge in [-0.1, -0.05) is 37.1 Å². The number of fused-ring (bicyclic) bond motifs is 6. The molecule has 278 valence electrons. The Morgan fingerprint density at radius 3 is 1.92 bits per heavy atom. The molecule has 2 amide bonds. The number of hydrogen-bond donors (Lipinski definition) is 2. The second-order valence-corrected chi connectivity index (χ2v) is 18.3. The molecule has 0 radical (unpaired) electrons. The lowest BCUT2D eigenvalue weighted by atomic mass is 9.78. The van der Waals surface area contributed by atoms with Gasteiger partial charge >= 0.3 is 12.2 Å². The zero-order valence-corrected chi connectivity index (χ0v) is 32.1. The van der Waals surface area contributed by atoms with Crippen molar-refractivity contribution in [3.05, 3.63) is 60.4 Å². The number of nitrogens with zero attached hydrogens (tertiary/aromatic N) is 4. The summed E-state index contributed by atoms with van der Waals surface area (Å²) in [4.78, 5) is 47.9. The number of hydrogen-bond acceptors (Lipinski definition) is 6. The molecule has 0 spiro atoms. The molecule has 2 aliphatic heterocycles. The van der Waals surface area contributed by atoms with Gasteiger partial charge in [0.15, 0.2) is 0 Å². The molecule has 6 atom stereocenters. The van der Waals surface area contributed by atoms with Gasteiger partial charge in [0, 0.05) is 22.7 Å². The van der Waals surface area contributed by atoms with Crippen LogP contribution in [0.4, 0.5) is 9.59 Å². The van der Waals surface area contributed by atoms with Crippen molar-refractivity contribution < 1.29 is 19.1 Å². The minimum atomic E-state index is -0.562. The molecule has 10 nitrogen and oxygen atoms in total. The van der Waals surface area contributed by atoms with Crippen molar-refractivity contribution in [2.75, 3.05) is 0 Å². The highest BCUT2D eigenvalue weighted by Gasteiger charge is 2.56. The largest absolute Gasteiger partial charge is 0.444 e. The lowest BCUT2D eigenvalue weighted by Gasteiger charge is -2.38. The maximum atomic E-state index is 13.6. The predicted molar refractivity (Wildman–Crippen MR) is 204 cm³/mol. The third-order valence-corrected chi connectivity index (χ3v) is 12.6. The van der Waals surface area contributed by atoms with Gasteiger partial charge in [-0.2, -0.15) is 0 Å². The van der Waals surface area contributed by atoms with E-state index in [9.17, 15) is 9.59 Å². The van der Waals surface area contributed by atoms with Crippen LogP contribution in [0.3, 0.4) is 0 Å². The highest BCUT2D eigenvalue weighted by molar-refractivity contribution is 6.04. The van der Waals surface area contributed by atoms with Crippen molar-refractivity contribution in [3.63, 3.8) is 0 Å². The zero-order valence-electron chi connectivity index (χ0n) is 32.1. The Bertz CT molecular complexity index is 2100. The van der Waals surface area contributed by atoms with Crippen molar-refractivity contribution in [2.24, 2.45) is 11.8 Å². The van der Waals surface area contributed by atoms with Gasteiger partial charge in [0.1, 0.15) is 22.9 Å². The molecule has 2 N–H and O–H groups in total. The van der Waals surface area contributed by atoms with E-state index in [0.29, 0.717) is 11.8 Å². The molecule has 2 aromatic carbocycles. The molecule has 4 aromatic rings. The van der Waals surface area contributed by atoms with E-state index >= 15 is 0 Å². The number of aromatic nitrogens is 4. The van der Waals surface area contributed by atoms with E-state index in [1.165, 1.54) is 22.3 Å². The summed E-state index contributed by atoms with van der Waals surface area (Å²) in [5.41, 5.74) is 7.58. The van der Waals surface area contributed by atoms with Crippen LogP contribution in [-0.2, 0) is 9.47 Å². The number of ether oxygens (including phenoxy) is 2. The highest BCUT2D eigenvalue weighted by Crippen LogP contribution is 2.55. The maximum Gasteiger partial charge on any atom is 0.411 e. The van der Waals surface area contributed by atoms with Gasteiger partial charge in [0.2, 0.25) is 0 Å². The Labute approximate surface area is 312 Å². The SMILES string of the molecule is CC(C)(C)OC(=O)N1C(c2ncc(-c3ccc4c(c3)-c3ccc(-c5cnc(C6CC7CCCC7(C)N6C(=O)OC(C)(C)C)[nH]5)cc3-4)[nH]2)CC2CCCC21. The molecule has 10 heteroatoms. The first-order valence-corrected chi connectivity index (χ1v) is 19.6. The normalized spacial score (nSPS) is 27.3. The molecule has 2 aromatic heterocycles. The van der Waals surface area contributed by atoms with E-state index in [-0.39, 0.29) is 35.9 Å². The van der Waals surface area contributed by atoms with E-state index in [4.69, 9.17) is 19.4 Å². The van der Waals surface area contributed by atoms with Gasteiger partial charge in [0.05, 0.1) is 35.9 Å². The van der Waals surface area contributed by atoms with E-state index in [0.717, 1.165) is 85.5 Å². The average molecular weight is 717 g/mol. The minimum Gasteiger partial charge on any atom is -0.444 e. The second-order valence-electron chi connectivity index (χ2n) is 18.3. The second kappa shape index (κ2) is 12.0. The van der Waals surface area contributed by atoms with Gasteiger partial charge in [-0.05, 0) is 133 Å². The van der Waals surface area contributed by atoms with Crippen molar-refractivity contribution in [1.82, 2.24) is 29.7 Å². The lowest BCUT2D eigenvalue weighted by molar-refractivity contribution is -0.00245. The van der Waals surface area contributed by atoms with Gasteiger partial charge in [-0.15, -0.1) is 0 Å². The molecule has 6 unspecified atom stereocenters. The fourth-order valence-electron chi connectivity index (χ4n) is 10.2. The number of carbonyl (C=O) groups excluding carboxylic acids is 2. The number of nitrogens with one attached hydrogen (secondary N) is 2. The van der Waals surface area contributed by atoms with Crippen molar-refractivity contribution in [2.45, 2.75) is 135 Å². The summed E-state index contributed by atoms with van der Waals surface area (Å²) < 4.78 is 11.8. The Balaban J connectivity index is 0.935. The quantitative estimate of drug-likeness (QED) is 0.191. The van der Waals surface area contributed by atoms with Crippen LogP contribution in [0.1, 0.15) is 124 Å². The summed E-state index contributed by atoms with van der Waals surface area (Å²) in [6.07, 6.45) is 11.7. The Morgan fingerprint density at radius 1 is 0.736 bits per heavy atom. The summed E-state index contributed by atoms with van der Waals surface area (Å²) >= 11 is 0. The average Bonchev–Trinajstić information content (AvgIpc) is 3.91. The first-order valence-electron chi connectivity index (χ1n) is 19.6. The lowest BCUT2D eigenvalue weighted by Crippen LogP contribution is -2.49. The molecule has 53 heavy (non-hydrogen) atoms. The van der Waals surface area contributed by atoms with Crippen molar-refractivity contribution in [1.29, 1.82) is 0 Å². The van der Waals surface area contributed by atoms with E-state index in [2.05, 4.69) is 53.3 Å². The van der Waals surface area contributed by atoms with Crippen LogP contribution >= 0.6 is 0 Å². The molecule has 5 aliphatic rings. The van der Waals surface area contributed by atoms with Crippen molar-refractivity contribution >= 4 is 12.2 Å². The number of benzene rings is 2. The molecule has 9 rings (SSSR count). The van der Waals surface area contributed by atoms with E-state index < -0.39 is 11.2 Å². The third-order valence-electron chi connectivity index (χ3n) is 12.6. The highest BCUT2D eigenvalue weighted by atomic mass is 16.6. The van der Waals surface area contributed by atoms with Gasteiger partial charge < -0.3 is 19.4 Å². The van der Waals surface area contributed by atoms with Crippen LogP contribution in [-0.4, -0.2) is 64.7 Å². The molecule has 0 bridgehead atoms.